The lowest BCUT2D eigenvalue weighted by Crippen LogP contribution is -2.27. The third-order valence-electron chi connectivity index (χ3n) is 8.15. The van der Waals surface area contributed by atoms with E-state index in [4.69, 9.17) is 4.99 Å². The summed E-state index contributed by atoms with van der Waals surface area (Å²) in [6, 6.07) is 20.4. The Labute approximate surface area is 242 Å². The number of nitrogens with zero attached hydrogens (tertiary/aromatic N) is 3. The Morgan fingerprint density at radius 2 is 1.77 bits per heavy atom. The molecule has 2 heterocycles. The molecule has 1 aliphatic rings. The number of hydrogen-bond acceptors (Lipinski definition) is 4. The highest BCUT2D eigenvalue weighted by Gasteiger charge is 2.33. The molecule has 2 aromatic carbocycles. The van der Waals surface area contributed by atoms with Crippen molar-refractivity contribution in [3.05, 3.63) is 93.6 Å². The van der Waals surface area contributed by atoms with Gasteiger partial charge >= 0.3 is 0 Å². The number of benzene rings is 2. The van der Waals surface area contributed by atoms with Gasteiger partial charge in [-0.15, -0.1) is 11.3 Å². The molecule has 1 atom stereocenters. The number of nitrogens with one attached hydrogen (secondary N) is 1. The maximum absolute atomic E-state index is 13.7. The highest BCUT2D eigenvalue weighted by Crippen LogP contribution is 2.45. The van der Waals surface area contributed by atoms with Crippen LogP contribution in [-0.4, -0.2) is 30.8 Å². The summed E-state index contributed by atoms with van der Waals surface area (Å²) >= 11 is 1.69. The third kappa shape index (κ3) is 5.64. The van der Waals surface area contributed by atoms with Gasteiger partial charge in [0.05, 0.1) is 5.56 Å². The van der Waals surface area contributed by atoms with E-state index >= 15 is 0 Å². The lowest BCUT2D eigenvalue weighted by atomic mass is 9.72. The minimum Gasteiger partial charge on any atom is -0.378 e. The van der Waals surface area contributed by atoms with Crippen LogP contribution >= 0.6 is 11.3 Å². The van der Waals surface area contributed by atoms with Crippen LogP contribution in [0, 0.1) is 25.2 Å². The highest BCUT2D eigenvalue weighted by molar-refractivity contribution is 7.16. The second kappa shape index (κ2) is 11.1. The van der Waals surface area contributed by atoms with Crippen molar-refractivity contribution in [3.63, 3.8) is 0 Å². The summed E-state index contributed by atoms with van der Waals surface area (Å²) < 4.78 is 2.26. The van der Waals surface area contributed by atoms with Crippen LogP contribution in [0.2, 0.25) is 0 Å². The van der Waals surface area contributed by atoms with E-state index in [0.717, 1.165) is 58.2 Å². The number of fused-ring (bicyclic) bond motifs is 1. The minimum absolute atomic E-state index is 0.0727. The van der Waals surface area contributed by atoms with Crippen molar-refractivity contribution in [3.8, 4) is 5.69 Å². The monoisotopic (exact) mass is 552 g/mol. The van der Waals surface area contributed by atoms with Crippen LogP contribution in [0.25, 0.3) is 5.69 Å². The van der Waals surface area contributed by atoms with Gasteiger partial charge in [0, 0.05) is 59.2 Å². The average molecular weight is 553 g/mol. The van der Waals surface area contributed by atoms with E-state index in [-0.39, 0.29) is 11.3 Å². The summed E-state index contributed by atoms with van der Waals surface area (Å²) in [6.45, 7) is 11.2. The van der Waals surface area contributed by atoms with Crippen LogP contribution in [0.4, 0.5) is 16.4 Å². The number of rotatable bonds is 6. The van der Waals surface area contributed by atoms with Gasteiger partial charge in [-0.25, -0.2) is 4.99 Å². The first-order valence-corrected chi connectivity index (χ1v) is 14.9. The number of aliphatic imine (C=N–C) groups is 1. The summed E-state index contributed by atoms with van der Waals surface area (Å²) in [6.07, 6.45) is 4.95. The molecule has 0 unspecified atom stereocenters. The molecule has 0 saturated carbocycles. The number of amides is 1. The van der Waals surface area contributed by atoms with Gasteiger partial charge in [0.15, 0.2) is 0 Å². The Kier molecular flexibility index (Phi) is 7.74. The van der Waals surface area contributed by atoms with Crippen LogP contribution in [0.3, 0.4) is 0 Å². The molecule has 5 nitrogen and oxygen atoms in total. The van der Waals surface area contributed by atoms with Crippen molar-refractivity contribution in [1.29, 1.82) is 0 Å². The standard InChI is InChI=1S/C34H40N4OS/c1-22-19-24(23(2)38(22)28-16-14-27(15-17-28)37(6)7)21-35-33-31(32(39)36-26-11-9-8-10-12-26)29-18-13-25(34(3,4)5)20-30(29)40-33/h8-12,14-17,19,21,25H,13,18,20H2,1-7H3,(H,36,39)/t25-/m1/s1. The lowest BCUT2D eigenvalue weighted by Gasteiger charge is -2.33. The van der Waals surface area contributed by atoms with Crippen molar-refractivity contribution in [2.45, 2.75) is 53.9 Å². The maximum atomic E-state index is 13.7. The van der Waals surface area contributed by atoms with Gasteiger partial charge in [0.25, 0.3) is 5.91 Å². The Morgan fingerprint density at radius 3 is 2.42 bits per heavy atom. The van der Waals surface area contributed by atoms with E-state index in [9.17, 15) is 4.79 Å². The molecule has 1 amide bonds. The smallest absolute Gasteiger partial charge is 0.259 e. The van der Waals surface area contributed by atoms with Crippen molar-refractivity contribution < 1.29 is 4.79 Å². The summed E-state index contributed by atoms with van der Waals surface area (Å²) in [7, 11) is 4.10. The molecule has 5 rings (SSSR count). The molecule has 2 aromatic heterocycles. The molecule has 208 valence electrons. The Morgan fingerprint density at radius 1 is 1.07 bits per heavy atom. The van der Waals surface area contributed by atoms with Gasteiger partial charge in [-0.1, -0.05) is 39.0 Å². The number of thiophene rings is 1. The third-order valence-corrected chi connectivity index (χ3v) is 9.31. The lowest BCUT2D eigenvalue weighted by molar-refractivity contribution is 0.102. The fraction of sp³-hybridized carbons (Fsp3) is 0.353. The molecule has 0 saturated heterocycles. The van der Waals surface area contributed by atoms with Crippen LogP contribution in [0.5, 0.6) is 0 Å². The summed E-state index contributed by atoms with van der Waals surface area (Å²) in [5, 5.41) is 3.92. The number of aryl methyl sites for hydroxylation is 1. The number of carbonyl (C=O) groups excluding carboxylic acids is 1. The zero-order chi connectivity index (χ0) is 28.6. The topological polar surface area (TPSA) is 49.6 Å². The zero-order valence-corrected chi connectivity index (χ0v) is 25.5. The van der Waals surface area contributed by atoms with Gasteiger partial charge in [-0.2, -0.15) is 0 Å². The van der Waals surface area contributed by atoms with E-state index in [1.807, 2.05) is 36.5 Å². The second-order valence-corrected chi connectivity index (χ2v) is 13.2. The molecule has 0 aliphatic heterocycles. The minimum atomic E-state index is -0.0727. The van der Waals surface area contributed by atoms with Gasteiger partial charge in [-0.05, 0) is 92.5 Å². The van der Waals surface area contributed by atoms with Gasteiger partial charge in [0.2, 0.25) is 0 Å². The zero-order valence-electron chi connectivity index (χ0n) is 24.7. The molecule has 0 spiro atoms. The Bertz CT molecular complexity index is 1540. The van der Waals surface area contributed by atoms with Crippen molar-refractivity contribution in [2.75, 3.05) is 24.3 Å². The van der Waals surface area contributed by atoms with E-state index in [1.165, 1.54) is 16.1 Å². The normalized spacial score (nSPS) is 15.3. The van der Waals surface area contributed by atoms with Gasteiger partial charge in [-0.3, -0.25) is 4.79 Å². The Hall–Kier alpha value is -3.64. The highest BCUT2D eigenvalue weighted by atomic mass is 32.1. The van der Waals surface area contributed by atoms with E-state index in [2.05, 4.69) is 93.8 Å². The molecule has 0 bridgehead atoms. The van der Waals surface area contributed by atoms with Crippen LogP contribution < -0.4 is 10.2 Å². The first-order valence-electron chi connectivity index (χ1n) is 14.0. The van der Waals surface area contributed by atoms with Gasteiger partial charge in [0.1, 0.15) is 5.00 Å². The summed E-state index contributed by atoms with van der Waals surface area (Å²) in [5.74, 6) is 0.523. The van der Waals surface area contributed by atoms with Gasteiger partial charge < -0.3 is 14.8 Å². The first kappa shape index (κ1) is 27.9. The Balaban J connectivity index is 1.50. The molecular weight excluding hydrogens is 512 g/mol. The maximum Gasteiger partial charge on any atom is 0.259 e. The molecule has 40 heavy (non-hydrogen) atoms. The number of aromatic nitrogens is 1. The second-order valence-electron chi connectivity index (χ2n) is 12.1. The number of anilines is 2. The van der Waals surface area contributed by atoms with E-state index in [1.54, 1.807) is 11.3 Å². The summed E-state index contributed by atoms with van der Waals surface area (Å²) in [4.78, 5) is 22.1. The SMILES string of the molecule is Cc1cc(C=Nc2sc3c(c2C(=O)Nc2ccccc2)CC[C@@H](C(C)(C)C)C3)c(C)n1-c1ccc(N(C)C)cc1. The quantitative estimate of drug-likeness (QED) is 0.244. The molecule has 4 aromatic rings. The number of hydrogen-bond donors (Lipinski definition) is 1. The van der Waals surface area contributed by atoms with Crippen molar-refractivity contribution >= 4 is 39.8 Å². The van der Waals surface area contributed by atoms with Crippen LogP contribution in [0.1, 0.15) is 64.9 Å². The predicted molar refractivity (Wildman–Crippen MR) is 171 cm³/mol. The fourth-order valence-corrected chi connectivity index (χ4v) is 6.96. The molecular formula is C34H40N4OS. The largest absolute Gasteiger partial charge is 0.378 e. The first-order chi connectivity index (χ1) is 19.0. The van der Waals surface area contributed by atoms with Crippen molar-refractivity contribution in [1.82, 2.24) is 4.57 Å². The fourth-order valence-electron chi connectivity index (χ4n) is 5.69. The molecule has 1 aliphatic carbocycles. The van der Waals surface area contributed by atoms with Crippen LogP contribution in [0.15, 0.2) is 65.7 Å². The van der Waals surface area contributed by atoms with E-state index in [0.29, 0.717) is 5.92 Å². The van der Waals surface area contributed by atoms with E-state index < -0.39 is 0 Å². The number of carbonyl (C=O) groups is 1. The predicted octanol–water partition coefficient (Wildman–Crippen LogP) is 8.38. The molecule has 0 radical (unpaired) electrons. The summed E-state index contributed by atoms with van der Waals surface area (Å²) in [5.41, 5.74) is 8.59. The molecule has 0 fully saturated rings. The molecule has 6 heteroatoms. The average Bonchev–Trinajstić information content (AvgIpc) is 3.42. The van der Waals surface area contributed by atoms with Crippen LogP contribution in [-0.2, 0) is 12.8 Å². The van der Waals surface area contributed by atoms with Crippen molar-refractivity contribution in [2.24, 2.45) is 16.3 Å². The number of para-hydroxylation sites is 1. The molecule has 1 N–H and O–H groups in total.